The number of rotatable bonds is 4. The summed E-state index contributed by atoms with van der Waals surface area (Å²) in [5.74, 6) is 2.74. The second-order valence-electron chi connectivity index (χ2n) is 4.95. The summed E-state index contributed by atoms with van der Waals surface area (Å²) < 4.78 is 1.83. The van der Waals surface area contributed by atoms with Crippen molar-refractivity contribution >= 4 is 0 Å². The quantitative estimate of drug-likeness (QED) is 0.843. The van der Waals surface area contributed by atoms with Gasteiger partial charge in [-0.05, 0) is 24.8 Å². The third kappa shape index (κ3) is 2.82. The summed E-state index contributed by atoms with van der Waals surface area (Å²) in [5.41, 5.74) is 0. The molecule has 0 aliphatic heterocycles. The Kier molecular flexibility index (Phi) is 3.93. The van der Waals surface area contributed by atoms with E-state index in [1.165, 1.54) is 25.7 Å². The second kappa shape index (κ2) is 5.43. The fourth-order valence-electron chi connectivity index (χ4n) is 2.55. The lowest BCUT2D eigenvalue weighted by Crippen LogP contribution is -2.29. The van der Waals surface area contributed by atoms with Gasteiger partial charge in [0.05, 0.1) is 6.54 Å². The van der Waals surface area contributed by atoms with Gasteiger partial charge in [-0.15, -0.1) is 0 Å². The van der Waals surface area contributed by atoms with Gasteiger partial charge >= 0.3 is 0 Å². The minimum absolute atomic E-state index is 0.833. The van der Waals surface area contributed by atoms with E-state index in [1.54, 1.807) is 6.33 Å². The number of nitrogens with zero attached hydrogens (tertiary/aromatic N) is 3. The van der Waals surface area contributed by atoms with Gasteiger partial charge in [0.2, 0.25) is 0 Å². The van der Waals surface area contributed by atoms with E-state index in [1.807, 2.05) is 11.7 Å². The van der Waals surface area contributed by atoms with E-state index in [4.69, 9.17) is 0 Å². The Bertz CT molecular complexity index is 321. The van der Waals surface area contributed by atoms with Crippen LogP contribution in [0.1, 0.15) is 38.4 Å². The summed E-state index contributed by atoms with van der Waals surface area (Å²) in [7, 11) is 1.94. The third-order valence-electron chi connectivity index (χ3n) is 3.78. The summed E-state index contributed by atoms with van der Waals surface area (Å²) in [6.07, 6.45) is 7.21. The maximum absolute atomic E-state index is 4.21. The summed E-state index contributed by atoms with van der Waals surface area (Å²) in [6, 6.07) is 0. The minimum Gasteiger partial charge on any atom is -0.310 e. The molecule has 1 N–H and O–H groups in total. The van der Waals surface area contributed by atoms with Crippen LogP contribution < -0.4 is 5.32 Å². The highest BCUT2D eigenvalue weighted by molar-refractivity contribution is 4.83. The van der Waals surface area contributed by atoms with Gasteiger partial charge in [-0.2, -0.15) is 5.10 Å². The van der Waals surface area contributed by atoms with Crippen LogP contribution in [0.5, 0.6) is 0 Å². The summed E-state index contributed by atoms with van der Waals surface area (Å²) >= 11 is 0. The van der Waals surface area contributed by atoms with Gasteiger partial charge in [0, 0.05) is 7.05 Å². The van der Waals surface area contributed by atoms with Crippen LogP contribution in [-0.2, 0) is 13.6 Å². The first-order valence-corrected chi connectivity index (χ1v) is 6.31. The number of hydrogen-bond donors (Lipinski definition) is 1. The molecule has 2 unspecified atom stereocenters. The average Bonchev–Trinajstić information content (AvgIpc) is 2.67. The lowest BCUT2D eigenvalue weighted by atomic mass is 9.80. The standard InChI is InChI=1S/C12H22N4/c1-10-5-3-4-6-11(10)7-13-8-12-14-9-15-16(12)2/h9-11,13H,3-8H2,1-2H3. The zero-order valence-corrected chi connectivity index (χ0v) is 10.3. The van der Waals surface area contributed by atoms with Crippen LogP contribution in [0.15, 0.2) is 6.33 Å². The molecule has 0 saturated heterocycles. The Balaban J connectivity index is 1.73. The van der Waals surface area contributed by atoms with E-state index < -0.39 is 0 Å². The highest BCUT2D eigenvalue weighted by atomic mass is 15.3. The summed E-state index contributed by atoms with van der Waals surface area (Å²) in [4.78, 5) is 4.21. The molecule has 4 nitrogen and oxygen atoms in total. The van der Waals surface area contributed by atoms with Crippen molar-refractivity contribution in [2.24, 2.45) is 18.9 Å². The van der Waals surface area contributed by atoms with E-state index in [2.05, 4.69) is 22.3 Å². The van der Waals surface area contributed by atoms with Crippen molar-refractivity contribution in [3.05, 3.63) is 12.2 Å². The lowest BCUT2D eigenvalue weighted by Gasteiger charge is -2.28. The topological polar surface area (TPSA) is 42.7 Å². The Labute approximate surface area is 97.5 Å². The van der Waals surface area contributed by atoms with Gasteiger partial charge in [-0.25, -0.2) is 4.98 Å². The number of nitrogens with one attached hydrogen (secondary N) is 1. The molecule has 2 rings (SSSR count). The Morgan fingerprint density at radius 2 is 2.25 bits per heavy atom. The Morgan fingerprint density at radius 1 is 1.44 bits per heavy atom. The zero-order valence-electron chi connectivity index (χ0n) is 10.3. The molecule has 0 spiro atoms. The van der Waals surface area contributed by atoms with Crippen LogP contribution in [0.4, 0.5) is 0 Å². The van der Waals surface area contributed by atoms with Crippen LogP contribution in [0, 0.1) is 11.8 Å². The van der Waals surface area contributed by atoms with Crippen LogP contribution in [0.2, 0.25) is 0 Å². The van der Waals surface area contributed by atoms with Gasteiger partial charge in [0.15, 0.2) is 0 Å². The fraction of sp³-hybridized carbons (Fsp3) is 0.833. The number of hydrogen-bond acceptors (Lipinski definition) is 3. The van der Waals surface area contributed by atoms with Gasteiger partial charge in [-0.1, -0.05) is 26.2 Å². The average molecular weight is 222 g/mol. The van der Waals surface area contributed by atoms with Gasteiger partial charge < -0.3 is 5.32 Å². The molecule has 1 aliphatic carbocycles. The molecule has 0 aromatic carbocycles. The summed E-state index contributed by atoms with van der Waals surface area (Å²) in [5, 5.41) is 7.57. The number of aryl methyl sites for hydroxylation is 1. The van der Waals surface area contributed by atoms with Crippen molar-refractivity contribution in [2.75, 3.05) is 6.54 Å². The molecule has 16 heavy (non-hydrogen) atoms. The van der Waals surface area contributed by atoms with Crippen molar-refractivity contribution in [1.29, 1.82) is 0 Å². The molecule has 1 saturated carbocycles. The van der Waals surface area contributed by atoms with Crippen LogP contribution in [-0.4, -0.2) is 21.3 Å². The molecular weight excluding hydrogens is 200 g/mol. The van der Waals surface area contributed by atoms with Gasteiger partial charge in [-0.3, -0.25) is 4.68 Å². The third-order valence-corrected chi connectivity index (χ3v) is 3.78. The molecule has 1 heterocycles. The van der Waals surface area contributed by atoms with Crippen LogP contribution in [0.25, 0.3) is 0 Å². The molecule has 4 heteroatoms. The minimum atomic E-state index is 0.833. The van der Waals surface area contributed by atoms with Crippen molar-refractivity contribution in [3.63, 3.8) is 0 Å². The summed E-state index contributed by atoms with van der Waals surface area (Å²) in [6.45, 7) is 4.33. The SMILES string of the molecule is CC1CCCCC1CNCc1ncnn1C. The van der Waals surface area contributed by atoms with E-state index in [-0.39, 0.29) is 0 Å². The molecule has 1 aliphatic rings. The predicted molar refractivity (Wildman–Crippen MR) is 63.8 cm³/mol. The first-order valence-electron chi connectivity index (χ1n) is 6.31. The van der Waals surface area contributed by atoms with E-state index in [9.17, 15) is 0 Å². The van der Waals surface area contributed by atoms with Crippen molar-refractivity contribution in [3.8, 4) is 0 Å². The lowest BCUT2D eigenvalue weighted by molar-refractivity contribution is 0.247. The monoisotopic (exact) mass is 222 g/mol. The van der Waals surface area contributed by atoms with E-state index in [0.717, 1.165) is 30.7 Å². The first-order chi connectivity index (χ1) is 7.77. The van der Waals surface area contributed by atoms with Crippen molar-refractivity contribution in [2.45, 2.75) is 39.2 Å². The molecule has 0 radical (unpaired) electrons. The first kappa shape index (κ1) is 11.6. The molecular formula is C12H22N4. The number of aromatic nitrogens is 3. The van der Waals surface area contributed by atoms with Crippen molar-refractivity contribution in [1.82, 2.24) is 20.1 Å². The Morgan fingerprint density at radius 3 is 2.94 bits per heavy atom. The second-order valence-corrected chi connectivity index (χ2v) is 4.95. The largest absolute Gasteiger partial charge is 0.310 e. The van der Waals surface area contributed by atoms with Gasteiger partial charge in [0.1, 0.15) is 12.2 Å². The van der Waals surface area contributed by atoms with Crippen LogP contribution >= 0.6 is 0 Å². The molecule has 90 valence electrons. The predicted octanol–water partition coefficient (Wildman–Crippen LogP) is 1.73. The highest BCUT2D eigenvalue weighted by Gasteiger charge is 2.20. The normalized spacial score (nSPS) is 25.9. The smallest absolute Gasteiger partial charge is 0.140 e. The van der Waals surface area contributed by atoms with Crippen LogP contribution in [0.3, 0.4) is 0 Å². The molecule has 0 bridgehead atoms. The van der Waals surface area contributed by atoms with Crippen molar-refractivity contribution < 1.29 is 0 Å². The molecule has 1 aromatic rings. The Hall–Kier alpha value is -0.900. The highest BCUT2D eigenvalue weighted by Crippen LogP contribution is 2.28. The maximum Gasteiger partial charge on any atom is 0.140 e. The maximum atomic E-state index is 4.21. The van der Waals surface area contributed by atoms with Gasteiger partial charge in [0.25, 0.3) is 0 Å². The van der Waals surface area contributed by atoms with E-state index >= 15 is 0 Å². The van der Waals surface area contributed by atoms with E-state index in [0.29, 0.717) is 0 Å². The molecule has 0 amide bonds. The fourth-order valence-corrected chi connectivity index (χ4v) is 2.55. The zero-order chi connectivity index (χ0) is 11.4. The molecule has 2 atom stereocenters. The molecule has 1 fully saturated rings. The molecule has 1 aromatic heterocycles.